The van der Waals surface area contributed by atoms with Crippen LogP contribution in [0.2, 0.25) is 0 Å². The number of hydrogen-bond acceptors (Lipinski definition) is 6. The molecule has 0 aliphatic rings. The summed E-state index contributed by atoms with van der Waals surface area (Å²) in [5.41, 5.74) is 5.62. The van der Waals surface area contributed by atoms with Crippen molar-refractivity contribution in [3.8, 4) is 0 Å². The van der Waals surface area contributed by atoms with Crippen molar-refractivity contribution in [1.29, 1.82) is 0 Å². The predicted octanol–water partition coefficient (Wildman–Crippen LogP) is -0.161. The van der Waals surface area contributed by atoms with Gasteiger partial charge >= 0.3 is 11.7 Å². The number of H-pyrrole nitrogens is 1. The second-order valence-corrected chi connectivity index (χ2v) is 5.99. The Bertz CT molecular complexity index is 951. The highest BCUT2D eigenvalue weighted by Gasteiger charge is 2.20. The Morgan fingerprint density at radius 2 is 1.86 bits per heavy atom. The van der Waals surface area contributed by atoms with E-state index in [4.69, 9.17) is 5.73 Å². The number of amides is 3. The molecular formula is C18H24N6O4. The normalized spacial score (nSPS) is 10.4. The Hall–Kier alpha value is -3.56. The van der Waals surface area contributed by atoms with E-state index in [1.54, 1.807) is 13.8 Å². The van der Waals surface area contributed by atoms with E-state index in [0.717, 1.165) is 5.56 Å². The number of anilines is 2. The molecule has 0 radical (unpaired) electrons. The summed E-state index contributed by atoms with van der Waals surface area (Å²) in [5, 5.41) is 4.61. The lowest BCUT2D eigenvalue weighted by Gasteiger charge is -2.24. The number of rotatable bonds is 7. The summed E-state index contributed by atoms with van der Waals surface area (Å²) < 4.78 is 1.23. The fourth-order valence-electron chi connectivity index (χ4n) is 2.70. The summed E-state index contributed by atoms with van der Waals surface area (Å²) in [6, 6.07) is 8.53. The number of urea groups is 1. The fraction of sp³-hybridized carbons (Fsp3) is 0.333. The molecule has 10 heteroatoms. The van der Waals surface area contributed by atoms with E-state index in [-0.39, 0.29) is 31.1 Å². The number of aromatic amines is 1. The summed E-state index contributed by atoms with van der Waals surface area (Å²) >= 11 is 0. The average molecular weight is 388 g/mol. The highest BCUT2D eigenvalue weighted by molar-refractivity contribution is 5.96. The predicted molar refractivity (Wildman–Crippen MR) is 106 cm³/mol. The molecule has 0 unspecified atom stereocenters. The number of imide groups is 1. The third kappa shape index (κ3) is 5.00. The zero-order valence-electron chi connectivity index (χ0n) is 15.8. The largest absolute Gasteiger partial charge is 0.383 e. The van der Waals surface area contributed by atoms with E-state index >= 15 is 0 Å². The Kier molecular flexibility index (Phi) is 6.96. The summed E-state index contributed by atoms with van der Waals surface area (Å²) in [5.74, 6) is -0.655. The minimum absolute atomic E-state index is 0.00378. The summed E-state index contributed by atoms with van der Waals surface area (Å²) in [6.45, 7) is 3.97. The number of carbonyl (C=O) groups is 2. The van der Waals surface area contributed by atoms with Gasteiger partial charge in [-0.05, 0) is 19.4 Å². The first kappa shape index (κ1) is 20.7. The Morgan fingerprint density at radius 3 is 2.46 bits per heavy atom. The van der Waals surface area contributed by atoms with Gasteiger partial charge in [0.1, 0.15) is 11.5 Å². The van der Waals surface area contributed by atoms with Gasteiger partial charge in [-0.2, -0.15) is 0 Å². The molecule has 0 saturated heterocycles. The molecule has 0 aliphatic heterocycles. The smallest absolute Gasteiger partial charge is 0.330 e. The SMILES string of the molecule is CCNC(=O)NC(=O)CN(CC)c1c(N)n(Cc2ccccc2)c(=O)[nH]c1=O. The molecule has 1 heterocycles. The number of nitrogens with two attached hydrogens (primary N) is 1. The van der Waals surface area contributed by atoms with Crippen molar-refractivity contribution in [2.24, 2.45) is 0 Å². The zero-order chi connectivity index (χ0) is 20.7. The summed E-state index contributed by atoms with van der Waals surface area (Å²) in [6.07, 6.45) is 0. The monoisotopic (exact) mass is 388 g/mol. The number of aromatic nitrogens is 2. The first-order chi connectivity index (χ1) is 13.4. The number of nitrogens with one attached hydrogen (secondary N) is 3. The van der Waals surface area contributed by atoms with Crippen LogP contribution >= 0.6 is 0 Å². The third-order valence-corrected chi connectivity index (χ3v) is 4.02. The van der Waals surface area contributed by atoms with Gasteiger partial charge in [0.15, 0.2) is 0 Å². The molecule has 2 aromatic rings. The van der Waals surface area contributed by atoms with Crippen molar-refractivity contribution >= 4 is 23.4 Å². The Balaban J connectivity index is 2.33. The van der Waals surface area contributed by atoms with E-state index in [0.29, 0.717) is 6.54 Å². The van der Waals surface area contributed by atoms with Crippen LogP contribution < -0.4 is 32.5 Å². The zero-order valence-corrected chi connectivity index (χ0v) is 15.8. The molecule has 5 N–H and O–H groups in total. The average Bonchev–Trinajstić information content (AvgIpc) is 2.65. The number of nitrogen functional groups attached to an aromatic ring is 1. The highest BCUT2D eigenvalue weighted by Crippen LogP contribution is 2.17. The molecule has 10 nitrogen and oxygen atoms in total. The van der Waals surface area contributed by atoms with Crippen LogP contribution in [-0.4, -0.2) is 41.1 Å². The van der Waals surface area contributed by atoms with Gasteiger partial charge in [-0.3, -0.25) is 24.5 Å². The fourth-order valence-corrected chi connectivity index (χ4v) is 2.70. The standard InChI is InChI=1S/C18H24N6O4/c1-3-20-17(27)21-13(25)11-23(4-2)14-15(19)24(18(28)22-16(14)26)10-12-8-6-5-7-9-12/h5-9H,3-4,10-11,19H2,1-2H3,(H,22,26,28)(H2,20,21,25,27). The maximum Gasteiger partial charge on any atom is 0.330 e. The van der Waals surface area contributed by atoms with Gasteiger partial charge in [0.05, 0.1) is 13.1 Å². The van der Waals surface area contributed by atoms with Crippen LogP contribution in [0, 0.1) is 0 Å². The molecule has 0 atom stereocenters. The van der Waals surface area contributed by atoms with Crippen LogP contribution in [0.3, 0.4) is 0 Å². The van der Waals surface area contributed by atoms with Crippen LogP contribution in [0.15, 0.2) is 39.9 Å². The molecule has 0 bridgehead atoms. The second-order valence-electron chi connectivity index (χ2n) is 5.99. The topological polar surface area (TPSA) is 142 Å². The lowest BCUT2D eigenvalue weighted by molar-refractivity contribution is -0.118. The van der Waals surface area contributed by atoms with Gasteiger partial charge in [0, 0.05) is 13.1 Å². The molecule has 1 aromatic heterocycles. The second kappa shape index (κ2) is 9.40. The first-order valence-electron chi connectivity index (χ1n) is 8.86. The van der Waals surface area contributed by atoms with Crippen LogP contribution in [0.25, 0.3) is 0 Å². The molecule has 2 rings (SSSR count). The van der Waals surface area contributed by atoms with Crippen LogP contribution in [0.1, 0.15) is 19.4 Å². The van der Waals surface area contributed by atoms with Gasteiger partial charge in [-0.25, -0.2) is 9.59 Å². The summed E-state index contributed by atoms with van der Waals surface area (Å²) in [7, 11) is 0. The Labute approximate surface area is 161 Å². The quantitative estimate of drug-likeness (QED) is 0.519. The highest BCUT2D eigenvalue weighted by atomic mass is 16.2. The lowest BCUT2D eigenvalue weighted by atomic mass is 10.2. The van der Waals surface area contributed by atoms with Gasteiger partial charge in [-0.1, -0.05) is 30.3 Å². The number of hydrogen-bond donors (Lipinski definition) is 4. The van der Waals surface area contributed by atoms with Crippen molar-refractivity contribution in [1.82, 2.24) is 20.2 Å². The van der Waals surface area contributed by atoms with Gasteiger partial charge in [0.2, 0.25) is 5.91 Å². The molecule has 28 heavy (non-hydrogen) atoms. The molecule has 3 amide bonds. The maximum atomic E-state index is 12.4. The van der Waals surface area contributed by atoms with E-state index in [2.05, 4.69) is 15.6 Å². The summed E-state index contributed by atoms with van der Waals surface area (Å²) in [4.78, 5) is 51.9. The van der Waals surface area contributed by atoms with Crippen LogP contribution in [0.4, 0.5) is 16.3 Å². The molecule has 150 valence electrons. The number of likely N-dealkylation sites (N-methyl/N-ethyl adjacent to an activating group) is 1. The maximum absolute atomic E-state index is 12.4. The minimum atomic E-state index is -0.695. The molecule has 0 spiro atoms. The van der Waals surface area contributed by atoms with E-state index < -0.39 is 23.2 Å². The van der Waals surface area contributed by atoms with Gasteiger partial charge in [0.25, 0.3) is 5.56 Å². The Morgan fingerprint density at radius 1 is 1.18 bits per heavy atom. The number of carbonyl (C=O) groups excluding carboxylic acids is 2. The van der Waals surface area contributed by atoms with Crippen LogP contribution in [0.5, 0.6) is 0 Å². The van der Waals surface area contributed by atoms with Crippen molar-refractivity contribution in [3.05, 3.63) is 56.7 Å². The van der Waals surface area contributed by atoms with Crippen molar-refractivity contribution in [2.45, 2.75) is 20.4 Å². The van der Waals surface area contributed by atoms with Crippen LogP contribution in [-0.2, 0) is 11.3 Å². The molecule has 0 fully saturated rings. The van der Waals surface area contributed by atoms with Gasteiger partial charge in [-0.15, -0.1) is 0 Å². The van der Waals surface area contributed by atoms with Crippen molar-refractivity contribution in [3.63, 3.8) is 0 Å². The van der Waals surface area contributed by atoms with E-state index in [9.17, 15) is 19.2 Å². The number of nitrogens with zero attached hydrogens (tertiary/aromatic N) is 2. The van der Waals surface area contributed by atoms with Crippen molar-refractivity contribution < 1.29 is 9.59 Å². The lowest BCUT2D eigenvalue weighted by Crippen LogP contribution is -2.46. The van der Waals surface area contributed by atoms with E-state index in [1.807, 2.05) is 30.3 Å². The molecule has 0 aliphatic carbocycles. The molecule has 1 aromatic carbocycles. The molecular weight excluding hydrogens is 364 g/mol. The third-order valence-electron chi connectivity index (χ3n) is 4.02. The minimum Gasteiger partial charge on any atom is -0.383 e. The first-order valence-corrected chi connectivity index (χ1v) is 8.86. The van der Waals surface area contributed by atoms with Gasteiger partial charge < -0.3 is 16.0 Å². The van der Waals surface area contributed by atoms with E-state index in [1.165, 1.54) is 9.47 Å². The molecule has 0 saturated carbocycles. The number of benzene rings is 1. The van der Waals surface area contributed by atoms with Crippen molar-refractivity contribution in [2.75, 3.05) is 30.3 Å².